The number of hydrogen-bond donors (Lipinski definition) is 2. The van der Waals surface area contributed by atoms with Crippen LogP contribution in [-0.2, 0) is 4.74 Å². The van der Waals surface area contributed by atoms with Crippen LogP contribution in [0.3, 0.4) is 0 Å². The molecule has 3 nitrogen and oxygen atoms in total. The number of morpholine rings is 1. The molecule has 0 aromatic heterocycles. The topological polar surface area (TPSA) is 41.5 Å². The van der Waals surface area contributed by atoms with E-state index < -0.39 is 28.5 Å². The monoisotopic (exact) mass is 249 g/mol. The van der Waals surface area contributed by atoms with E-state index in [4.69, 9.17) is 21.4 Å². The lowest BCUT2D eigenvalue weighted by Crippen LogP contribution is -2.34. The lowest BCUT2D eigenvalue weighted by Gasteiger charge is -2.25. The van der Waals surface area contributed by atoms with Crippen LogP contribution >= 0.6 is 11.6 Å². The maximum atomic E-state index is 13.7. The van der Waals surface area contributed by atoms with Crippen molar-refractivity contribution in [2.45, 2.75) is 6.10 Å². The molecule has 0 bridgehead atoms. The van der Waals surface area contributed by atoms with E-state index in [1.165, 1.54) is 0 Å². The minimum atomic E-state index is -0.965. The Balaban J connectivity index is 2.42. The molecule has 0 amide bonds. The number of benzene rings is 1. The standard InChI is InChI=1S/C10H10ClF2NO2/c11-9-6(15)3-5(12)8(10(9)13)7-4-14-1-2-16-7/h3,7,14-15H,1-2,4H2. The number of ether oxygens (including phenoxy) is 1. The molecule has 0 spiro atoms. The van der Waals surface area contributed by atoms with Crippen LogP contribution in [0, 0.1) is 11.6 Å². The number of phenolic OH excluding ortho intramolecular Hbond substituents is 1. The predicted octanol–water partition coefficient (Wildman–Crippen LogP) is 1.98. The quantitative estimate of drug-likeness (QED) is 0.748. The number of hydrogen-bond acceptors (Lipinski definition) is 3. The minimum absolute atomic E-state index is 0.241. The zero-order valence-corrected chi connectivity index (χ0v) is 9.02. The van der Waals surface area contributed by atoms with E-state index in [2.05, 4.69) is 5.32 Å². The Morgan fingerprint density at radius 3 is 2.88 bits per heavy atom. The molecular weight excluding hydrogens is 240 g/mol. The Labute approximate surface area is 96.0 Å². The Hall–Kier alpha value is -0.910. The molecule has 1 unspecified atom stereocenters. The summed E-state index contributed by atoms with van der Waals surface area (Å²) in [5, 5.41) is 11.6. The molecule has 1 aliphatic heterocycles. The molecule has 0 aliphatic carbocycles. The third-order valence-corrected chi connectivity index (χ3v) is 2.78. The highest BCUT2D eigenvalue weighted by Crippen LogP contribution is 2.34. The van der Waals surface area contributed by atoms with Gasteiger partial charge in [0.1, 0.15) is 22.7 Å². The second kappa shape index (κ2) is 4.53. The molecule has 16 heavy (non-hydrogen) atoms. The largest absolute Gasteiger partial charge is 0.506 e. The van der Waals surface area contributed by atoms with Crippen molar-refractivity contribution in [1.29, 1.82) is 0 Å². The summed E-state index contributed by atoms with van der Waals surface area (Å²) in [5.41, 5.74) is -0.241. The Morgan fingerprint density at radius 1 is 1.50 bits per heavy atom. The first-order valence-corrected chi connectivity index (χ1v) is 5.17. The van der Waals surface area contributed by atoms with Crippen LogP contribution < -0.4 is 5.32 Å². The van der Waals surface area contributed by atoms with Crippen LogP contribution in [0.1, 0.15) is 11.7 Å². The van der Waals surface area contributed by atoms with Crippen LogP contribution in [0.25, 0.3) is 0 Å². The van der Waals surface area contributed by atoms with Gasteiger partial charge >= 0.3 is 0 Å². The van der Waals surface area contributed by atoms with E-state index in [9.17, 15) is 8.78 Å². The SMILES string of the molecule is Oc1cc(F)c(C2CNCCO2)c(F)c1Cl. The van der Waals surface area contributed by atoms with Crippen LogP contribution in [0.15, 0.2) is 6.07 Å². The van der Waals surface area contributed by atoms with Crippen molar-refractivity contribution in [2.24, 2.45) is 0 Å². The first-order chi connectivity index (χ1) is 7.61. The van der Waals surface area contributed by atoms with Gasteiger partial charge in [-0.15, -0.1) is 0 Å². The van der Waals surface area contributed by atoms with Gasteiger partial charge in [-0.2, -0.15) is 0 Å². The van der Waals surface area contributed by atoms with Gasteiger partial charge in [-0.25, -0.2) is 8.78 Å². The van der Waals surface area contributed by atoms with Crippen LogP contribution in [0.4, 0.5) is 8.78 Å². The van der Waals surface area contributed by atoms with Gasteiger partial charge in [0.15, 0.2) is 5.82 Å². The predicted molar refractivity (Wildman–Crippen MR) is 54.6 cm³/mol. The van der Waals surface area contributed by atoms with Gasteiger partial charge in [-0.1, -0.05) is 11.6 Å². The first-order valence-electron chi connectivity index (χ1n) is 4.80. The van der Waals surface area contributed by atoms with Crippen LogP contribution in [-0.4, -0.2) is 24.8 Å². The van der Waals surface area contributed by atoms with Crippen molar-refractivity contribution < 1.29 is 18.6 Å². The smallest absolute Gasteiger partial charge is 0.154 e. The summed E-state index contributed by atoms with van der Waals surface area (Å²) >= 11 is 5.51. The molecule has 1 saturated heterocycles. The molecule has 6 heteroatoms. The van der Waals surface area contributed by atoms with Crippen molar-refractivity contribution in [3.8, 4) is 5.75 Å². The lowest BCUT2D eigenvalue weighted by atomic mass is 10.1. The summed E-state index contributed by atoms with van der Waals surface area (Å²) in [7, 11) is 0. The average Bonchev–Trinajstić information content (AvgIpc) is 2.28. The molecular formula is C10H10ClF2NO2. The first kappa shape index (κ1) is 11.6. The van der Waals surface area contributed by atoms with E-state index >= 15 is 0 Å². The highest BCUT2D eigenvalue weighted by Gasteiger charge is 2.26. The van der Waals surface area contributed by atoms with E-state index in [0.29, 0.717) is 19.7 Å². The maximum absolute atomic E-state index is 13.7. The fraction of sp³-hybridized carbons (Fsp3) is 0.400. The second-order valence-corrected chi connectivity index (χ2v) is 3.86. The number of aromatic hydroxyl groups is 1. The van der Waals surface area contributed by atoms with Crippen LogP contribution in [0.2, 0.25) is 5.02 Å². The van der Waals surface area contributed by atoms with Crippen molar-refractivity contribution >= 4 is 11.6 Å². The number of halogens is 3. The summed E-state index contributed by atoms with van der Waals surface area (Å²) in [6.07, 6.45) is -0.716. The summed E-state index contributed by atoms with van der Waals surface area (Å²) in [6, 6.07) is 0.790. The second-order valence-electron chi connectivity index (χ2n) is 3.48. The summed E-state index contributed by atoms with van der Waals surface area (Å²) < 4.78 is 32.4. The minimum Gasteiger partial charge on any atom is -0.506 e. The molecule has 2 rings (SSSR count). The highest BCUT2D eigenvalue weighted by molar-refractivity contribution is 6.32. The molecule has 88 valence electrons. The van der Waals surface area contributed by atoms with Gasteiger partial charge < -0.3 is 15.2 Å². The molecule has 0 radical (unpaired) electrons. The maximum Gasteiger partial charge on any atom is 0.154 e. The van der Waals surface area contributed by atoms with Crippen molar-refractivity contribution in [1.82, 2.24) is 5.32 Å². The molecule has 1 fully saturated rings. The molecule has 1 aromatic rings. The molecule has 1 atom stereocenters. The third-order valence-electron chi connectivity index (χ3n) is 2.42. The fourth-order valence-corrected chi connectivity index (χ4v) is 1.80. The molecule has 1 aromatic carbocycles. The molecule has 0 saturated carbocycles. The average molecular weight is 250 g/mol. The zero-order chi connectivity index (χ0) is 11.7. The van der Waals surface area contributed by atoms with Crippen molar-refractivity contribution in [3.63, 3.8) is 0 Å². The third kappa shape index (κ3) is 1.98. The Kier molecular flexibility index (Phi) is 3.28. The normalized spacial score (nSPS) is 21.1. The molecule has 2 N–H and O–H groups in total. The Bertz CT molecular complexity index is 408. The van der Waals surface area contributed by atoms with Gasteiger partial charge in [0.05, 0.1) is 12.2 Å². The number of phenols is 1. The van der Waals surface area contributed by atoms with E-state index in [0.717, 1.165) is 6.07 Å². The highest BCUT2D eigenvalue weighted by atomic mass is 35.5. The van der Waals surface area contributed by atoms with E-state index in [1.807, 2.05) is 0 Å². The lowest BCUT2D eigenvalue weighted by molar-refractivity contribution is 0.0232. The van der Waals surface area contributed by atoms with Crippen molar-refractivity contribution in [2.75, 3.05) is 19.7 Å². The summed E-state index contributed by atoms with van der Waals surface area (Å²) in [4.78, 5) is 0. The molecule has 1 heterocycles. The van der Waals surface area contributed by atoms with E-state index in [1.54, 1.807) is 0 Å². The van der Waals surface area contributed by atoms with Crippen molar-refractivity contribution in [3.05, 3.63) is 28.3 Å². The summed E-state index contributed by atoms with van der Waals surface area (Å²) in [5.74, 6) is -2.43. The fourth-order valence-electron chi connectivity index (χ4n) is 1.64. The summed E-state index contributed by atoms with van der Waals surface area (Å²) in [6.45, 7) is 1.34. The van der Waals surface area contributed by atoms with E-state index in [-0.39, 0.29) is 5.56 Å². The van der Waals surface area contributed by atoms with Gasteiger partial charge in [0, 0.05) is 19.2 Å². The Morgan fingerprint density at radius 2 is 2.25 bits per heavy atom. The van der Waals surface area contributed by atoms with Gasteiger partial charge in [0.25, 0.3) is 0 Å². The van der Waals surface area contributed by atoms with Gasteiger partial charge in [0.2, 0.25) is 0 Å². The zero-order valence-electron chi connectivity index (χ0n) is 8.27. The number of rotatable bonds is 1. The van der Waals surface area contributed by atoms with Gasteiger partial charge in [-0.05, 0) is 0 Å². The number of nitrogens with one attached hydrogen (secondary N) is 1. The van der Waals surface area contributed by atoms with Gasteiger partial charge in [-0.3, -0.25) is 0 Å². The molecule has 1 aliphatic rings. The van der Waals surface area contributed by atoms with Crippen LogP contribution in [0.5, 0.6) is 5.75 Å².